The number of carboxylic acid groups (broad SMARTS) is 1. The summed E-state index contributed by atoms with van der Waals surface area (Å²) in [5.41, 5.74) is 0.890. The largest absolute Gasteiger partial charge is 0.493 e. The van der Waals surface area contributed by atoms with Gasteiger partial charge >= 0.3 is 5.97 Å². The first-order valence-electron chi connectivity index (χ1n) is 12.0. The standard InChI is InChI=1S/C27H33NO7/c1-17(2)33-22-10-9-19(15-23(22)32-4)25(29)28-13-11-27(12-14-28)16-24(34-18(3)26(30)31)20-7-5-6-8-21(20)35-27/h5-10,15,17-18,24H,11-14,16H2,1-4H3,(H,30,31)/t18-,24?/m0/s1. The van der Waals surface area contributed by atoms with Crippen LogP contribution in [-0.2, 0) is 9.53 Å². The second-order valence-corrected chi connectivity index (χ2v) is 9.46. The highest BCUT2D eigenvalue weighted by Gasteiger charge is 2.45. The topological polar surface area (TPSA) is 94.5 Å². The lowest BCUT2D eigenvalue weighted by Gasteiger charge is -2.47. The number of hydrogen-bond donors (Lipinski definition) is 1. The summed E-state index contributed by atoms with van der Waals surface area (Å²) in [5.74, 6) is 0.776. The number of carboxylic acids is 1. The Labute approximate surface area is 205 Å². The van der Waals surface area contributed by atoms with E-state index in [9.17, 15) is 14.7 Å². The van der Waals surface area contributed by atoms with Crippen molar-refractivity contribution in [2.24, 2.45) is 0 Å². The zero-order valence-electron chi connectivity index (χ0n) is 20.7. The van der Waals surface area contributed by atoms with E-state index < -0.39 is 17.7 Å². The van der Waals surface area contributed by atoms with Crippen molar-refractivity contribution in [3.05, 3.63) is 53.6 Å². The van der Waals surface area contributed by atoms with E-state index in [4.69, 9.17) is 18.9 Å². The molecule has 188 valence electrons. The van der Waals surface area contributed by atoms with Gasteiger partial charge in [-0.05, 0) is 45.0 Å². The van der Waals surface area contributed by atoms with E-state index >= 15 is 0 Å². The van der Waals surface area contributed by atoms with Gasteiger partial charge in [0.05, 0.1) is 19.3 Å². The Kier molecular flexibility index (Phi) is 7.21. The van der Waals surface area contributed by atoms with Crippen LogP contribution in [0.1, 0.15) is 62.1 Å². The first-order valence-corrected chi connectivity index (χ1v) is 12.0. The molecule has 0 saturated carbocycles. The minimum atomic E-state index is -0.997. The fourth-order valence-corrected chi connectivity index (χ4v) is 4.75. The molecule has 2 atom stereocenters. The molecule has 8 heteroatoms. The van der Waals surface area contributed by atoms with E-state index in [-0.39, 0.29) is 18.1 Å². The van der Waals surface area contributed by atoms with Crippen LogP contribution in [0.15, 0.2) is 42.5 Å². The molecule has 2 aliphatic heterocycles. The van der Waals surface area contributed by atoms with Crippen molar-refractivity contribution in [2.75, 3.05) is 20.2 Å². The Bertz CT molecular complexity index is 1070. The Balaban J connectivity index is 1.47. The molecule has 8 nitrogen and oxygen atoms in total. The summed E-state index contributed by atoms with van der Waals surface area (Å²) in [6.07, 6.45) is 0.475. The average molecular weight is 484 g/mol. The highest BCUT2D eigenvalue weighted by atomic mass is 16.5. The molecular formula is C27H33NO7. The second kappa shape index (κ2) is 10.2. The minimum absolute atomic E-state index is 0.00403. The van der Waals surface area contributed by atoms with Gasteiger partial charge in [0.2, 0.25) is 0 Å². The quantitative estimate of drug-likeness (QED) is 0.621. The highest BCUT2D eigenvalue weighted by Crippen LogP contribution is 2.46. The molecule has 0 aromatic heterocycles. The maximum absolute atomic E-state index is 13.3. The van der Waals surface area contributed by atoms with Gasteiger partial charge in [-0.1, -0.05) is 18.2 Å². The number of fused-ring (bicyclic) bond motifs is 1. The van der Waals surface area contributed by atoms with E-state index in [1.54, 1.807) is 32.2 Å². The number of para-hydroxylation sites is 1. The molecule has 0 aliphatic carbocycles. The molecule has 4 rings (SSSR count). The monoisotopic (exact) mass is 483 g/mol. The van der Waals surface area contributed by atoms with E-state index in [0.29, 0.717) is 55.2 Å². The van der Waals surface area contributed by atoms with Gasteiger partial charge in [0.15, 0.2) is 17.6 Å². The van der Waals surface area contributed by atoms with Crippen LogP contribution in [0.4, 0.5) is 0 Å². The average Bonchev–Trinajstić information content (AvgIpc) is 2.84. The van der Waals surface area contributed by atoms with Crippen molar-refractivity contribution in [2.45, 2.75) is 63.9 Å². The summed E-state index contributed by atoms with van der Waals surface area (Å²) in [7, 11) is 1.56. The number of likely N-dealkylation sites (tertiary alicyclic amines) is 1. The van der Waals surface area contributed by atoms with Crippen LogP contribution in [0.3, 0.4) is 0 Å². The lowest BCUT2D eigenvalue weighted by atomic mass is 9.81. The Morgan fingerprint density at radius 3 is 2.46 bits per heavy atom. The predicted molar refractivity (Wildman–Crippen MR) is 129 cm³/mol. The first-order chi connectivity index (χ1) is 16.7. The summed E-state index contributed by atoms with van der Waals surface area (Å²) in [5, 5.41) is 9.35. The number of carbonyl (C=O) groups is 2. The maximum Gasteiger partial charge on any atom is 0.332 e. The predicted octanol–water partition coefficient (Wildman–Crippen LogP) is 4.47. The van der Waals surface area contributed by atoms with Crippen LogP contribution in [0, 0.1) is 0 Å². The van der Waals surface area contributed by atoms with Crippen LogP contribution < -0.4 is 14.2 Å². The molecular weight excluding hydrogens is 450 g/mol. The molecule has 1 unspecified atom stereocenters. The molecule has 0 radical (unpaired) electrons. The van der Waals surface area contributed by atoms with Gasteiger partial charge in [-0.15, -0.1) is 0 Å². The van der Waals surface area contributed by atoms with Crippen molar-refractivity contribution in [3.63, 3.8) is 0 Å². The third kappa shape index (κ3) is 5.37. The zero-order valence-corrected chi connectivity index (χ0v) is 20.7. The van der Waals surface area contributed by atoms with E-state index in [0.717, 1.165) is 5.56 Å². The van der Waals surface area contributed by atoms with Gasteiger partial charge < -0.3 is 29.0 Å². The maximum atomic E-state index is 13.3. The number of benzene rings is 2. The van der Waals surface area contributed by atoms with Crippen LogP contribution in [0.25, 0.3) is 0 Å². The Morgan fingerprint density at radius 2 is 1.80 bits per heavy atom. The van der Waals surface area contributed by atoms with Gasteiger partial charge in [-0.25, -0.2) is 4.79 Å². The van der Waals surface area contributed by atoms with Gasteiger partial charge in [0, 0.05) is 43.5 Å². The number of hydrogen-bond acceptors (Lipinski definition) is 6. The molecule has 1 N–H and O–H groups in total. The smallest absolute Gasteiger partial charge is 0.332 e. The van der Waals surface area contributed by atoms with Crippen LogP contribution in [0.2, 0.25) is 0 Å². The number of piperidine rings is 1. The molecule has 2 aromatic rings. The third-order valence-corrected chi connectivity index (χ3v) is 6.60. The Hall–Kier alpha value is -3.26. The molecule has 1 saturated heterocycles. The summed E-state index contributed by atoms with van der Waals surface area (Å²) >= 11 is 0. The summed E-state index contributed by atoms with van der Waals surface area (Å²) in [4.78, 5) is 26.5. The number of aliphatic carboxylic acids is 1. The first kappa shape index (κ1) is 24.9. The van der Waals surface area contributed by atoms with E-state index in [2.05, 4.69) is 0 Å². The van der Waals surface area contributed by atoms with Crippen LogP contribution in [0.5, 0.6) is 17.2 Å². The van der Waals surface area contributed by atoms with Crippen LogP contribution >= 0.6 is 0 Å². The number of amides is 1. The van der Waals surface area contributed by atoms with Gasteiger partial charge in [-0.2, -0.15) is 0 Å². The lowest BCUT2D eigenvalue weighted by Crippen LogP contribution is -2.52. The van der Waals surface area contributed by atoms with Crippen molar-refractivity contribution >= 4 is 11.9 Å². The normalized spacial score (nSPS) is 19.6. The van der Waals surface area contributed by atoms with Crippen molar-refractivity contribution in [1.29, 1.82) is 0 Å². The van der Waals surface area contributed by atoms with E-state index in [1.165, 1.54) is 0 Å². The number of ether oxygens (including phenoxy) is 4. The van der Waals surface area contributed by atoms with Gasteiger partial charge in [0.25, 0.3) is 5.91 Å². The van der Waals surface area contributed by atoms with E-state index in [1.807, 2.05) is 43.0 Å². The molecule has 35 heavy (non-hydrogen) atoms. The van der Waals surface area contributed by atoms with Crippen LogP contribution in [-0.4, -0.2) is 59.9 Å². The van der Waals surface area contributed by atoms with Crippen molar-refractivity contribution in [3.8, 4) is 17.2 Å². The highest BCUT2D eigenvalue weighted by molar-refractivity contribution is 5.95. The fraction of sp³-hybridized carbons (Fsp3) is 0.481. The SMILES string of the molecule is COc1cc(C(=O)N2CCC3(CC2)CC(O[C@@H](C)C(=O)O)c2ccccc2O3)ccc1OC(C)C. The number of nitrogens with zero attached hydrogens (tertiary/aromatic N) is 1. The van der Waals surface area contributed by atoms with Gasteiger partial charge in [-0.3, -0.25) is 4.79 Å². The molecule has 0 bridgehead atoms. The summed E-state index contributed by atoms with van der Waals surface area (Å²) < 4.78 is 23.6. The Morgan fingerprint density at radius 1 is 1.09 bits per heavy atom. The number of carbonyl (C=O) groups excluding carboxylic acids is 1. The minimum Gasteiger partial charge on any atom is -0.493 e. The number of rotatable bonds is 7. The molecule has 1 spiro atoms. The summed E-state index contributed by atoms with van der Waals surface area (Å²) in [6.45, 7) is 6.46. The molecule has 2 heterocycles. The lowest BCUT2D eigenvalue weighted by molar-refractivity contribution is -0.158. The summed E-state index contributed by atoms with van der Waals surface area (Å²) in [6, 6.07) is 12.8. The second-order valence-electron chi connectivity index (χ2n) is 9.46. The molecule has 2 aliphatic rings. The van der Waals surface area contributed by atoms with Crippen molar-refractivity contribution < 1.29 is 33.6 Å². The fourth-order valence-electron chi connectivity index (χ4n) is 4.75. The zero-order chi connectivity index (χ0) is 25.2. The molecule has 1 amide bonds. The van der Waals surface area contributed by atoms with Crippen molar-refractivity contribution in [1.82, 2.24) is 4.90 Å². The molecule has 1 fully saturated rings. The molecule has 2 aromatic carbocycles. The number of methoxy groups -OCH3 is 1. The third-order valence-electron chi connectivity index (χ3n) is 6.60. The van der Waals surface area contributed by atoms with Gasteiger partial charge in [0.1, 0.15) is 11.4 Å².